The normalized spacial score (nSPS) is 18.2. The molecule has 2 heterocycles. The molecule has 1 aliphatic rings. The van der Waals surface area contributed by atoms with Gasteiger partial charge in [0.1, 0.15) is 23.8 Å². The Balaban J connectivity index is 2.28. The summed E-state index contributed by atoms with van der Waals surface area (Å²) >= 11 is 0. The highest BCUT2D eigenvalue weighted by atomic mass is 16.4. The fourth-order valence-electron chi connectivity index (χ4n) is 1.75. The lowest BCUT2D eigenvalue weighted by atomic mass is 10.0. The first-order valence-electron chi connectivity index (χ1n) is 5.39. The first-order valence-corrected chi connectivity index (χ1v) is 5.39. The predicted molar refractivity (Wildman–Crippen MR) is 61.8 cm³/mol. The minimum Gasteiger partial charge on any atom is -0.477 e. The molecule has 1 aliphatic heterocycles. The van der Waals surface area contributed by atoms with Gasteiger partial charge in [-0.3, -0.25) is 4.99 Å². The van der Waals surface area contributed by atoms with Crippen molar-refractivity contribution in [1.29, 1.82) is 0 Å². The van der Waals surface area contributed by atoms with Gasteiger partial charge in [-0.25, -0.2) is 4.79 Å². The molecule has 1 aromatic rings. The Morgan fingerprint density at radius 1 is 1.53 bits per heavy atom. The molecule has 0 unspecified atom stereocenters. The molecule has 0 spiro atoms. The first kappa shape index (κ1) is 11.6. The monoisotopic (exact) mass is 235 g/mol. The van der Waals surface area contributed by atoms with E-state index >= 15 is 0 Å². The summed E-state index contributed by atoms with van der Waals surface area (Å²) in [5, 5.41) is 17.9. The Morgan fingerprint density at radius 3 is 3.00 bits per heavy atom. The van der Waals surface area contributed by atoms with Crippen molar-refractivity contribution in [1.82, 2.24) is 0 Å². The standard InChI is InChI=1S/C12H13NO4/c14-7-10-4-3-9(17-10)6-8-2-1-5-13-11(8)12(15)16/h3-4,6,14H,1-2,5,7H2,(H,15,16)/b8-6+. The van der Waals surface area contributed by atoms with E-state index in [4.69, 9.17) is 14.6 Å². The summed E-state index contributed by atoms with van der Waals surface area (Å²) in [7, 11) is 0. The van der Waals surface area contributed by atoms with E-state index in [2.05, 4.69) is 4.99 Å². The van der Waals surface area contributed by atoms with Gasteiger partial charge in [-0.05, 0) is 36.6 Å². The smallest absolute Gasteiger partial charge is 0.354 e. The van der Waals surface area contributed by atoms with Crippen molar-refractivity contribution in [3.05, 3.63) is 29.2 Å². The molecule has 0 radical (unpaired) electrons. The average Bonchev–Trinajstić information content (AvgIpc) is 2.77. The fourth-order valence-corrected chi connectivity index (χ4v) is 1.75. The molecule has 5 nitrogen and oxygen atoms in total. The molecule has 1 aromatic heterocycles. The van der Waals surface area contributed by atoms with Crippen molar-refractivity contribution < 1.29 is 19.4 Å². The molecule has 5 heteroatoms. The van der Waals surface area contributed by atoms with Crippen molar-refractivity contribution in [3.8, 4) is 0 Å². The molecule has 90 valence electrons. The van der Waals surface area contributed by atoms with Crippen LogP contribution in [-0.4, -0.2) is 28.4 Å². The number of furan rings is 1. The maximum absolute atomic E-state index is 11.0. The molecule has 0 amide bonds. The predicted octanol–water partition coefficient (Wildman–Crippen LogP) is 1.47. The zero-order valence-electron chi connectivity index (χ0n) is 9.22. The van der Waals surface area contributed by atoms with Crippen LogP contribution in [0.15, 0.2) is 27.1 Å². The van der Waals surface area contributed by atoms with Crippen molar-refractivity contribution in [2.75, 3.05) is 6.54 Å². The highest BCUT2D eigenvalue weighted by Gasteiger charge is 2.18. The van der Waals surface area contributed by atoms with E-state index in [-0.39, 0.29) is 12.3 Å². The molecular formula is C12H13NO4. The van der Waals surface area contributed by atoms with E-state index in [0.29, 0.717) is 30.1 Å². The topological polar surface area (TPSA) is 83.0 Å². The minimum atomic E-state index is -1.01. The van der Waals surface area contributed by atoms with Crippen LogP contribution in [0.5, 0.6) is 0 Å². The molecule has 0 aliphatic carbocycles. The lowest BCUT2D eigenvalue weighted by Crippen LogP contribution is -2.19. The van der Waals surface area contributed by atoms with E-state index in [0.717, 1.165) is 6.42 Å². The zero-order valence-corrected chi connectivity index (χ0v) is 9.22. The van der Waals surface area contributed by atoms with Crippen LogP contribution in [0.3, 0.4) is 0 Å². The molecule has 0 aromatic carbocycles. The molecule has 0 bridgehead atoms. The largest absolute Gasteiger partial charge is 0.477 e. The fraction of sp³-hybridized carbons (Fsp3) is 0.333. The van der Waals surface area contributed by atoms with E-state index in [1.807, 2.05) is 0 Å². The Labute approximate surface area is 98.1 Å². The van der Waals surface area contributed by atoms with E-state index < -0.39 is 5.97 Å². The van der Waals surface area contributed by atoms with Gasteiger partial charge in [-0.15, -0.1) is 0 Å². The lowest BCUT2D eigenvalue weighted by Gasteiger charge is -2.11. The first-order chi connectivity index (χ1) is 8.20. The number of nitrogens with zero attached hydrogens (tertiary/aromatic N) is 1. The number of carboxylic acids is 1. The van der Waals surface area contributed by atoms with Crippen LogP contribution < -0.4 is 0 Å². The number of aliphatic imine (C=N–C) groups is 1. The quantitative estimate of drug-likeness (QED) is 0.831. The molecule has 0 fully saturated rings. The number of carbonyl (C=O) groups is 1. The number of hydrogen-bond donors (Lipinski definition) is 2. The summed E-state index contributed by atoms with van der Waals surface area (Å²) in [6.45, 7) is 0.391. The Kier molecular flexibility index (Phi) is 3.39. The highest BCUT2D eigenvalue weighted by Crippen LogP contribution is 2.19. The third-order valence-electron chi connectivity index (χ3n) is 2.54. The van der Waals surface area contributed by atoms with Crippen LogP contribution in [0.1, 0.15) is 24.4 Å². The number of rotatable bonds is 3. The summed E-state index contributed by atoms with van der Waals surface area (Å²) in [5.41, 5.74) is 0.779. The molecule has 0 atom stereocenters. The summed E-state index contributed by atoms with van der Waals surface area (Å²) in [5.74, 6) is -0.00809. The molecule has 2 N–H and O–H groups in total. The van der Waals surface area contributed by atoms with Gasteiger partial charge >= 0.3 is 5.97 Å². The Bertz CT molecular complexity index is 484. The number of aliphatic hydroxyl groups is 1. The van der Waals surface area contributed by atoms with Gasteiger partial charge in [0.25, 0.3) is 0 Å². The molecule has 0 saturated carbocycles. The van der Waals surface area contributed by atoms with Gasteiger partial charge in [-0.2, -0.15) is 0 Å². The molecule has 2 rings (SSSR count). The third kappa shape index (κ3) is 2.62. The summed E-state index contributed by atoms with van der Waals surface area (Å²) in [4.78, 5) is 15.0. The number of aliphatic carboxylic acids is 1. The minimum absolute atomic E-state index is 0.109. The summed E-state index contributed by atoms with van der Waals surface area (Å²) < 4.78 is 5.29. The van der Waals surface area contributed by atoms with Crippen molar-refractivity contribution in [3.63, 3.8) is 0 Å². The molecule has 17 heavy (non-hydrogen) atoms. The van der Waals surface area contributed by atoms with E-state index in [9.17, 15) is 4.79 Å². The van der Waals surface area contributed by atoms with E-state index in [1.54, 1.807) is 18.2 Å². The van der Waals surface area contributed by atoms with Crippen LogP contribution >= 0.6 is 0 Å². The van der Waals surface area contributed by atoms with Gasteiger partial charge in [0.15, 0.2) is 0 Å². The zero-order chi connectivity index (χ0) is 12.3. The second-order valence-corrected chi connectivity index (χ2v) is 3.77. The van der Waals surface area contributed by atoms with Crippen molar-refractivity contribution in [2.45, 2.75) is 19.4 Å². The van der Waals surface area contributed by atoms with E-state index in [1.165, 1.54) is 0 Å². The maximum atomic E-state index is 11.0. The number of hydrogen-bond acceptors (Lipinski definition) is 4. The Morgan fingerprint density at radius 2 is 2.35 bits per heavy atom. The van der Waals surface area contributed by atoms with Gasteiger partial charge in [0.05, 0.1) is 0 Å². The Hall–Kier alpha value is -1.88. The SMILES string of the molecule is O=C(O)C1=NCCC/C1=C\c1ccc(CO)o1. The van der Waals surface area contributed by atoms with Crippen LogP contribution in [0, 0.1) is 0 Å². The average molecular weight is 235 g/mol. The van der Waals surface area contributed by atoms with Crippen LogP contribution in [0.4, 0.5) is 0 Å². The number of aliphatic hydroxyl groups excluding tert-OH is 1. The van der Waals surface area contributed by atoms with Crippen LogP contribution in [-0.2, 0) is 11.4 Å². The molecular weight excluding hydrogens is 222 g/mol. The second-order valence-electron chi connectivity index (χ2n) is 3.77. The van der Waals surface area contributed by atoms with Crippen molar-refractivity contribution >= 4 is 17.8 Å². The second kappa shape index (κ2) is 4.97. The van der Waals surface area contributed by atoms with Crippen LogP contribution in [0.2, 0.25) is 0 Å². The van der Waals surface area contributed by atoms with Gasteiger partial charge in [0, 0.05) is 6.54 Å². The summed E-state index contributed by atoms with van der Waals surface area (Å²) in [6.07, 6.45) is 3.20. The van der Waals surface area contributed by atoms with Crippen molar-refractivity contribution in [2.24, 2.45) is 4.99 Å². The number of carboxylic acid groups (broad SMARTS) is 1. The van der Waals surface area contributed by atoms with Crippen LogP contribution in [0.25, 0.3) is 6.08 Å². The van der Waals surface area contributed by atoms with Gasteiger partial charge < -0.3 is 14.6 Å². The lowest BCUT2D eigenvalue weighted by molar-refractivity contribution is -0.129. The summed E-state index contributed by atoms with van der Waals surface area (Å²) in [6, 6.07) is 3.36. The molecule has 0 saturated heterocycles. The van der Waals surface area contributed by atoms with Gasteiger partial charge in [0.2, 0.25) is 0 Å². The van der Waals surface area contributed by atoms with Gasteiger partial charge in [-0.1, -0.05) is 0 Å². The third-order valence-corrected chi connectivity index (χ3v) is 2.54. The highest BCUT2D eigenvalue weighted by molar-refractivity contribution is 6.43. The maximum Gasteiger partial charge on any atom is 0.354 e.